The fourth-order valence-corrected chi connectivity index (χ4v) is 3.67. The lowest BCUT2D eigenvalue weighted by Crippen LogP contribution is -2.30. The van der Waals surface area contributed by atoms with Crippen LogP contribution in [0, 0.1) is 0 Å². The molecule has 0 bridgehead atoms. The van der Waals surface area contributed by atoms with E-state index in [-0.39, 0.29) is 41.3 Å². The first-order chi connectivity index (χ1) is 13.2. The normalized spacial score (nSPS) is 19.6. The zero-order chi connectivity index (χ0) is 20.2. The van der Waals surface area contributed by atoms with Gasteiger partial charge in [0.25, 0.3) is 11.8 Å². The predicted octanol–water partition coefficient (Wildman–Crippen LogP) is 3.45. The molecule has 1 unspecified atom stereocenters. The zero-order valence-corrected chi connectivity index (χ0v) is 14.8. The molecule has 1 saturated heterocycles. The van der Waals surface area contributed by atoms with Crippen LogP contribution in [0.5, 0.6) is 0 Å². The van der Waals surface area contributed by atoms with Crippen molar-refractivity contribution in [2.45, 2.75) is 18.5 Å². The van der Waals surface area contributed by atoms with Crippen molar-refractivity contribution in [1.29, 1.82) is 0 Å². The second-order valence-corrected chi connectivity index (χ2v) is 6.98. The highest BCUT2D eigenvalue weighted by Gasteiger charge is 2.39. The van der Waals surface area contributed by atoms with E-state index >= 15 is 0 Å². The van der Waals surface area contributed by atoms with Gasteiger partial charge in [-0.25, -0.2) is 4.90 Å². The van der Waals surface area contributed by atoms with Gasteiger partial charge in [-0.3, -0.25) is 14.4 Å². The monoisotopic (exact) mass is 388 g/mol. The smallest absolute Gasteiger partial charge is 0.345 e. The third-order valence-corrected chi connectivity index (χ3v) is 5.13. The Balaban J connectivity index is 1.82. The molecular formula is C20H15F3N2O3. The first-order valence-corrected chi connectivity index (χ1v) is 8.61. The maximum atomic E-state index is 13.5. The van der Waals surface area contributed by atoms with Gasteiger partial charge in [-0.2, -0.15) is 13.2 Å². The molecule has 2 aromatic rings. The molecule has 5 nitrogen and oxygen atoms in total. The average Bonchev–Trinajstić information content (AvgIpc) is 3.11. The molecule has 0 spiro atoms. The SMILES string of the molecule is CN1CC(c2cc(N3C(=O)c4ccccc4C3=O)cc(C(F)(F)F)c2)CC1=O. The van der Waals surface area contributed by atoms with Crippen molar-refractivity contribution in [1.82, 2.24) is 4.90 Å². The summed E-state index contributed by atoms with van der Waals surface area (Å²) in [4.78, 5) is 39.4. The van der Waals surface area contributed by atoms with Crippen LogP contribution in [0.2, 0.25) is 0 Å². The first kappa shape index (κ1) is 18.2. The summed E-state index contributed by atoms with van der Waals surface area (Å²) < 4.78 is 40.4. The summed E-state index contributed by atoms with van der Waals surface area (Å²) >= 11 is 0. The number of amides is 3. The maximum absolute atomic E-state index is 13.5. The molecule has 0 aliphatic carbocycles. The van der Waals surface area contributed by atoms with Crippen molar-refractivity contribution in [2.75, 3.05) is 18.5 Å². The lowest BCUT2D eigenvalue weighted by Gasteiger charge is -2.20. The summed E-state index contributed by atoms with van der Waals surface area (Å²) in [6.07, 6.45) is -4.57. The third-order valence-electron chi connectivity index (χ3n) is 5.13. The van der Waals surface area contributed by atoms with Gasteiger partial charge in [0, 0.05) is 25.9 Å². The van der Waals surface area contributed by atoms with Crippen LogP contribution in [0.25, 0.3) is 0 Å². The third kappa shape index (κ3) is 2.85. The predicted molar refractivity (Wildman–Crippen MR) is 94.0 cm³/mol. The Hall–Kier alpha value is -3.16. The number of benzene rings is 2. The highest BCUT2D eigenvalue weighted by Crippen LogP contribution is 2.39. The Kier molecular flexibility index (Phi) is 4.02. The molecule has 8 heteroatoms. The second kappa shape index (κ2) is 6.19. The van der Waals surface area contributed by atoms with Crippen molar-refractivity contribution in [3.63, 3.8) is 0 Å². The minimum Gasteiger partial charge on any atom is -0.345 e. The number of hydrogen-bond donors (Lipinski definition) is 0. The number of anilines is 1. The van der Waals surface area contributed by atoms with E-state index in [9.17, 15) is 27.6 Å². The Morgan fingerprint density at radius 1 is 0.964 bits per heavy atom. The Morgan fingerprint density at radius 2 is 1.57 bits per heavy atom. The van der Waals surface area contributed by atoms with Gasteiger partial charge in [0.15, 0.2) is 0 Å². The Bertz CT molecular complexity index is 981. The van der Waals surface area contributed by atoms with Crippen LogP contribution in [0.3, 0.4) is 0 Å². The molecule has 1 fully saturated rings. The highest BCUT2D eigenvalue weighted by atomic mass is 19.4. The van der Waals surface area contributed by atoms with Gasteiger partial charge in [-0.1, -0.05) is 12.1 Å². The molecule has 2 heterocycles. The summed E-state index contributed by atoms with van der Waals surface area (Å²) in [7, 11) is 1.58. The van der Waals surface area contributed by atoms with Crippen LogP contribution in [0.4, 0.5) is 18.9 Å². The summed E-state index contributed by atoms with van der Waals surface area (Å²) in [6.45, 7) is 0.279. The molecule has 1 atom stereocenters. The Morgan fingerprint density at radius 3 is 2.07 bits per heavy atom. The van der Waals surface area contributed by atoms with Gasteiger partial charge in [0.1, 0.15) is 0 Å². The number of hydrogen-bond acceptors (Lipinski definition) is 3. The highest BCUT2D eigenvalue weighted by molar-refractivity contribution is 6.34. The van der Waals surface area contributed by atoms with Gasteiger partial charge in [-0.15, -0.1) is 0 Å². The average molecular weight is 388 g/mol. The minimum atomic E-state index is -4.65. The summed E-state index contributed by atoms with van der Waals surface area (Å²) in [6, 6.07) is 9.29. The lowest BCUT2D eigenvalue weighted by atomic mass is 9.95. The topological polar surface area (TPSA) is 57.7 Å². The molecular weight excluding hydrogens is 373 g/mol. The quantitative estimate of drug-likeness (QED) is 0.741. The number of carbonyl (C=O) groups excluding carboxylic acids is 3. The van der Waals surface area contributed by atoms with Crippen molar-refractivity contribution >= 4 is 23.4 Å². The van der Waals surface area contributed by atoms with Crippen LogP contribution in [-0.4, -0.2) is 36.2 Å². The molecule has 28 heavy (non-hydrogen) atoms. The Labute approximate surface area is 158 Å². The van der Waals surface area contributed by atoms with E-state index in [0.29, 0.717) is 0 Å². The molecule has 4 rings (SSSR count). The molecule has 3 amide bonds. The summed E-state index contributed by atoms with van der Waals surface area (Å²) in [5.41, 5.74) is -0.514. The van der Waals surface area contributed by atoms with Gasteiger partial charge >= 0.3 is 6.18 Å². The number of halogens is 3. The van der Waals surface area contributed by atoms with E-state index in [1.807, 2.05) is 0 Å². The number of rotatable bonds is 2. The standard InChI is InChI=1S/C20H15F3N2O3/c1-24-10-12(8-17(24)26)11-6-13(20(21,22)23)9-14(7-11)25-18(27)15-4-2-3-5-16(15)19(25)28/h2-7,9,12H,8,10H2,1H3. The largest absolute Gasteiger partial charge is 0.416 e. The summed E-state index contributed by atoms with van der Waals surface area (Å²) in [5.74, 6) is -1.92. The van der Waals surface area contributed by atoms with Gasteiger partial charge < -0.3 is 4.90 Å². The van der Waals surface area contributed by atoms with Crippen molar-refractivity contribution in [2.24, 2.45) is 0 Å². The van der Waals surface area contributed by atoms with Crippen molar-refractivity contribution in [3.05, 3.63) is 64.7 Å². The van der Waals surface area contributed by atoms with E-state index in [2.05, 4.69) is 0 Å². The first-order valence-electron chi connectivity index (χ1n) is 8.61. The summed E-state index contributed by atoms with van der Waals surface area (Å²) in [5, 5.41) is 0. The molecule has 144 valence electrons. The molecule has 0 aromatic heterocycles. The zero-order valence-electron chi connectivity index (χ0n) is 14.8. The molecule has 0 N–H and O–H groups in total. The van der Waals surface area contributed by atoms with Gasteiger partial charge in [0.2, 0.25) is 5.91 Å². The number of carbonyl (C=O) groups is 3. The number of imide groups is 1. The van der Waals surface area contributed by atoms with E-state index in [4.69, 9.17) is 0 Å². The molecule has 2 aliphatic heterocycles. The number of alkyl halides is 3. The van der Waals surface area contributed by atoms with Crippen LogP contribution in [0.1, 0.15) is 44.2 Å². The number of fused-ring (bicyclic) bond motifs is 1. The van der Waals surface area contributed by atoms with Crippen LogP contribution in [0.15, 0.2) is 42.5 Å². The molecule has 2 aliphatic rings. The van der Waals surface area contributed by atoms with E-state index in [0.717, 1.165) is 17.0 Å². The van der Waals surface area contributed by atoms with Crippen molar-refractivity contribution in [3.8, 4) is 0 Å². The fourth-order valence-electron chi connectivity index (χ4n) is 3.67. The maximum Gasteiger partial charge on any atom is 0.416 e. The van der Waals surface area contributed by atoms with Gasteiger partial charge in [0.05, 0.1) is 22.4 Å². The fraction of sp³-hybridized carbons (Fsp3) is 0.250. The minimum absolute atomic E-state index is 0.0827. The molecule has 2 aromatic carbocycles. The van der Waals surface area contributed by atoms with E-state index in [1.54, 1.807) is 19.2 Å². The van der Waals surface area contributed by atoms with Gasteiger partial charge in [-0.05, 0) is 35.9 Å². The van der Waals surface area contributed by atoms with Crippen LogP contribution >= 0.6 is 0 Å². The number of likely N-dealkylation sites (N-methyl/N-ethyl adjacent to an activating group) is 1. The number of nitrogens with zero attached hydrogens (tertiary/aromatic N) is 2. The van der Waals surface area contributed by atoms with Crippen LogP contribution in [-0.2, 0) is 11.0 Å². The van der Waals surface area contributed by atoms with Crippen molar-refractivity contribution < 1.29 is 27.6 Å². The number of likely N-dealkylation sites (tertiary alicyclic amines) is 1. The van der Waals surface area contributed by atoms with E-state index < -0.39 is 29.5 Å². The molecule has 0 saturated carbocycles. The lowest BCUT2D eigenvalue weighted by molar-refractivity contribution is -0.137. The molecule has 0 radical (unpaired) electrons. The second-order valence-electron chi connectivity index (χ2n) is 6.98. The van der Waals surface area contributed by atoms with E-state index in [1.165, 1.54) is 23.1 Å². The van der Waals surface area contributed by atoms with Crippen LogP contribution < -0.4 is 4.90 Å².